The summed E-state index contributed by atoms with van der Waals surface area (Å²) in [7, 11) is 1.70. The molecule has 1 aliphatic rings. The van der Waals surface area contributed by atoms with Crippen molar-refractivity contribution >= 4 is 0 Å². The van der Waals surface area contributed by atoms with Crippen molar-refractivity contribution in [1.29, 1.82) is 0 Å². The summed E-state index contributed by atoms with van der Waals surface area (Å²) in [4.78, 5) is 0. The summed E-state index contributed by atoms with van der Waals surface area (Å²) in [6.07, 6.45) is 0.160. The van der Waals surface area contributed by atoms with E-state index in [9.17, 15) is 0 Å². The Morgan fingerprint density at radius 2 is 2.33 bits per heavy atom. The summed E-state index contributed by atoms with van der Waals surface area (Å²) in [5.74, 6) is 0.932. The lowest BCUT2D eigenvalue weighted by Gasteiger charge is -2.24. The minimum atomic E-state index is 0.160. The monoisotopic (exact) mass is 207 g/mol. The Hall–Kier alpha value is -1.06. The molecule has 1 aliphatic heterocycles. The van der Waals surface area contributed by atoms with E-state index < -0.39 is 0 Å². The first-order valence-electron chi connectivity index (χ1n) is 5.28. The van der Waals surface area contributed by atoms with Crippen LogP contribution in [0.1, 0.15) is 17.2 Å². The van der Waals surface area contributed by atoms with E-state index in [2.05, 4.69) is 23.5 Å². The highest BCUT2D eigenvalue weighted by Gasteiger charge is 2.16. The topological polar surface area (TPSA) is 30.5 Å². The second-order valence-corrected chi connectivity index (χ2v) is 3.79. The Labute approximate surface area is 90.4 Å². The zero-order valence-corrected chi connectivity index (χ0v) is 9.25. The minimum absolute atomic E-state index is 0.160. The molecule has 1 saturated heterocycles. The highest BCUT2D eigenvalue weighted by molar-refractivity contribution is 5.37. The van der Waals surface area contributed by atoms with Gasteiger partial charge >= 0.3 is 0 Å². The Balaban J connectivity index is 2.20. The summed E-state index contributed by atoms with van der Waals surface area (Å²) in [6, 6.07) is 6.24. The van der Waals surface area contributed by atoms with E-state index in [0.717, 1.165) is 31.0 Å². The van der Waals surface area contributed by atoms with Crippen LogP contribution in [0, 0.1) is 6.92 Å². The number of methoxy groups -OCH3 is 1. The van der Waals surface area contributed by atoms with Crippen LogP contribution in [0.25, 0.3) is 0 Å². The van der Waals surface area contributed by atoms with Gasteiger partial charge in [-0.15, -0.1) is 0 Å². The summed E-state index contributed by atoms with van der Waals surface area (Å²) in [6.45, 7) is 4.65. The number of rotatable bonds is 2. The van der Waals surface area contributed by atoms with Crippen molar-refractivity contribution in [2.75, 3.05) is 26.8 Å². The van der Waals surface area contributed by atoms with Crippen molar-refractivity contribution in [2.24, 2.45) is 0 Å². The molecule has 82 valence electrons. The van der Waals surface area contributed by atoms with E-state index in [1.54, 1.807) is 7.11 Å². The van der Waals surface area contributed by atoms with E-state index in [0.29, 0.717) is 0 Å². The van der Waals surface area contributed by atoms with Gasteiger partial charge in [-0.2, -0.15) is 0 Å². The highest BCUT2D eigenvalue weighted by atomic mass is 16.5. The maximum absolute atomic E-state index is 5.69. The molecule has 0 amide bonds. The molecule has 2 rings (SSSR count). The number of nitrogens with one attached hydrogen (secondary N) is 1. The molecule has 0 aromatic heterocycles. The molecule has 0 radical (unpaired) electrons. The number of ether oxygens (including phenoxy) is 2. The maximum Gasteiger partial charge on any atom is 0.122 e. The molecule has 1 unspecified atom stereocenters. The second kappa shape index (κ2) is 4.64. The van der Waals surface area contributed by atoms with Crippen LogP contribution >= 0.6 is 0 Å². The molecule has 1 heterocycles. The van der Waals surface area contributed by atoms with E-state index in [1.165, 1.54) is 5.56 Å². The Morgan fingerprint density at radius 3 is 3.00 bits per heavy atom. The largest absolute Gasteiger partial charge is 0.496 e. The summed E-state index contributed by atoms with van der Waals surface area (Å²) < 4.78 is 11.0. The van der Waals surface area contributed by atoms with Gasteiger partial charge in [0.25, 0.3) is 0 Å². The molecule has 1 aromatic rings. The molecule has 1 atom stereocenters. The van der Waals surface area contributed by atoms with E-state index in [4.69, 9.17) is 9.47 Å². The summed E-state index contributed by atoms with van der Waals surface area (Å²) in [5, 5.41) is 3.32. The Bertz CT molecular complexity index is 332. The van der Waals surface area contributed by atoms with Gasteiger partial charge in [-0.1, -0.05) is 12.1 Å². The van der Waals surface area contributed by atoms with Gasteiger partial charge in [0, 0.05) is 13.1 Å². The van der Waals surface area contributed by atoms with Gasteiger partial charge in [0.1, 0.15) is 5.75 Å². The van der Waals surface area contributed by atoms with E-state index in [1.807, 2.05) is 6.92 Å². The van der Waals surface area contributed by atoms with Crippen LogP contribution in [0.4, 0.5) is 0 Å². The predicted octanol–water partition coefficient (Wildman–Crippen LogP) is 1.66. The molecule has 0 spiro atoms. The van der Waals surface area contributed by atoms with Gasteiger partial charge in [0.05, 0.1) is 19.8 Å². The molecular formula is C12H17NO2. The minimum Gasteiger partial charge on any atom is -0.496 e. The van der Waals surface area contributed by atoms with Gasteiger partial charge in [-0.05, 0) is 24.1 Å². The smallest absolute Gasteiger partial charge is 0.122 e. The maximum atomic E-state index is 5.69. The number of hydrogen-bond donors (Lipinski definition) is 1. The molecule has 3 nitrogen and oxygen atoms in total. The van der Waals surface area contributed by atoms with Gasteiger partial charge in [-0.25, -0.2) is 0 Å². The average molecular weight is 207 g/mol. The van der Waals surface area contributed by atoms with E-state index in [-0.39, 0.29) is 6.10 Å². The van der Waals surface area contributed by atoms with Gasteiger partial charge in [0.2, 0.25) is 0 Å². The SMILES string of the molecule is COc1cc(C2CNCCO2)ccc1C. The van der Waals surface area contributed by atoms with Gasteiger partial charge in [0.15, 0.2) is 0 Å². The van der Waals surface area contributed by atoms with Crippen molar-refractivity contribution in [3.05, 3.63) is 29.3 Å². The highest BCUT2D eigenvalue weighted by Crippen LogP contribution is 2.25. The van der Waals surface area contributed by atoms with E-state index >= 15 is 0 Å². The Morgan fingerprint density at radius 1 is 1.47 bits per heavy atom. The number of morpholine rings is 1. The van der Waals surface area contributed by atoms with Crippen molar-refractivity contribution in [3.63, 3.8) is 0 Å². The molecule has 0 saturated carbocycles. The molecule has 15 heavy (non-hydrogen) atoms. The molecule has 1 aromatic carbocycles. The fourth-order valence-electron chi connectivity index (χ4n) is 1.82. The van der Waals surface area contributed by atoms with Crippen LogP contribution in [0.2, 0.25) is 0 Å². The first-order valence-corrected chi connectivity index (χ1v) is 5.28. The van der Waals surface area contributed by atoms with Gasteiger partial charge < -0.3 is 14.8 Å². The zero-order valence-electron chi connectivity index (χ0n) is 9.25. The lowest BCUT2D eigenvalue weighted by atomic mass is 10.1. The fraction of sp³-hybridized carbons (Fsp3) is 0.500. The number of hydrogen-bond acceptors (Lipinski definition) is 3. The lowest BCUT2D eigenvalue weighted by Crippen LogP contribution is -2.33. The second-order valence-electron chi connectivity index (χ2n) is 3.79. The third kappa shape index (κ3) is 2.30. The van der Waals surface area contributed by atoms with Crippen LogP contribution in [0.5, 0.6) is 5.75 Å². The molecule has 1 fully saturated rings. The molecule has 0 bridgehead atoms. The van der Waals surface area contributed by atoms with Crippen LogP contribution in [0.3, 0.4) is 0 Å². The fourth-order valence-corrected chi connectivity index (χ4v) is 1.82. The summed E-state index contributed by atoms with van der Waals surface area (Å²) in [5.41, 5.74) is 2.34. The van der Waals surface area contributed by atoms with Crippen LogP contribution in [-0.4, -0.2) is 26.8 Å². The quantitative estimate of drug-likeness (QED) is 0.800. The zero-order chi connectivity index (χ0) is 10.7. The van der Waals surface area contributed by atoms with Crippen molar-refractivity contribution < 1.29 is 9.47 Å². The summed E-state index contributed by atoms with van der Waals surface area (Å²) >= 11 is 0. The van der Waals surface area contributed by atoms with Crippen LogP contribution in [0.15, 0.2) is 18.2 Å². The third-order valence-electron chi connectivity index (χ3n) is 2.73. The lowest BCUT2D eigenvalue weighted by molar-refractivity contribution is 0.0276. The van der Waals surface area contributed by atoms with Gasteiger partial charge in [-0.3, -0.25) is 0 Å². The molecule has 1 N–H and O–H groups in total. The molecule has 0 aliphatic carbocycles. The standard InChI is InChI=1S/C12H17NO2/c1-9-3-4-10(7-11(9)14-2)12-8-13-5-6-15-12/h3-4,7,12-13H,5-6,8H2,1-2H3. The molecular weight excluding hydrogens is 190 g/mol. The van der Waals surface area contributed by atoms with Crippen molar-refractivity contribution in [3.8, 4) is 5.75 Å². The van der Waals surface area contributed by atoms with Crippen molar-refractivity contribution in [1.82, 2.24) is 5.32 Å². The third-order valence-corrected chi connectivity index (χ3v) is 2.73. The predicted molar refractivity (Wildman–Crippen MR) is 59.3 cm³/mol. The first-order chi connectivity index (χ1) is 7.31. The molecule has 3 heteroatoms. The average Bonchev–Trinajstić information content (AvgIpc) is 2.31. The first kappa shape index (κ1) is 10.5. The normalized spacial score (nSPS) is 21.3. The number of aryl methyl sites for hydroxylation is 1. The number of benzene rings is 1. The Kier molecular flexibility index (Phi) is 3.23. The van der Waals surface area contributed by atoms with Crippen molar-refractivity contribution in [2.45, 2.75) is 13.0 Å². The van der Waals surface area contributed by atoms with Crippen LogP contribution < -0.4 is 10.1 Å². The van der Waals surface area contributed by atoms with Crippen LogP contribution in [-0.2, 0) is 4.74 Å².